The third kappa shape index (κ3) is 4.12. The van der Waals surface area contributed by atoms with Gasteiger partial charge in [0.2, 0.25) is 5.91 Å². The van der Waals surface area contributed by atoms with Crippen molar-refractivity contribution >= 4 is 5.91 Å². The van der Waals surface area contributed by atoms with Crippen molar-refractivity contribution in [3.63, 3.8) is 0 Å². The Bertz CT molecular complexity index is 819. The minimum atomic E-state index is -0.444. The Balaban J connectivity index is 1.84. The normalized spacial score (nSPS) is 11.9. The highest BCUT2D eigenvalue weighted by molar-refractivity contribution is 5.77. The Morgan fingerprint density at radius 1 is 1.20 bits per heavy atom. The van der Waals surface area contributed by atoms with Crippen LogP contribution < -0.4 is 0 Å². The summed E-state index contributed by atoms with van der Waals surface area (Å²) < 4.78 is 19.0. The third-order valence-electron chi connectivity index (χ3n) is 4.08. The zero-order chi connectivity index (χ0) is 17.6. The summed E-state index contributed by atoms with van der Waals surface area (Å²) in [5.74, 6) is 0.369. The topological polar surface area (TPSA) is 46.3 Å². The van der Waals surface area contributed by atoms with Crippen LogP contribution in [0.15, 0.2) is 71.5 Å². The molecule has 0 radical (unpaired) electrons. The zero-order valence-electron chi connectivity index (χ0n) is 13.9. The van der Waals surface area contributed by atoms with Gasteiger partial charge >= 0.3 is 0 Å². The van der Waals surface area contributed by atoms with Crippen molar-refractivity contribution in [2.45, 2.75) is 18.9 Å². The molecule has 0 aliphatic carbocycles. The lowest BCUT2D eigenvalue weighted by atomic mass is 10.0. The van der Waals surface area contributed by atoms with Crippen LogP contribution in [0.1, 0.15) is 29.5 Å². The van der Waals surface area contributed by atoms with Gasteiger partial charge in [-0.1, -0.05) is 18.2 Å². The number of hydrogen-bond acceptors (Lipinski definition) is 3. The first-order chi connectivity index (χ1) is 12.1. The van der Waals surface area contributed by atoms with Crippen molar-refractivity contribution in [1.29, 1.82) is 0 Å². The van der Waals surface area contributed by atoms with E-state index in [9.17, 15) is 9.18 Å². The summed E-state index contributed by atoms with van der Waals surface area (Å²) in [6.45, 7) is 0. The minimum Gasteiger partial charge on any atom is -0.469 e. The lowest BCUT2D eigenvalue weighted by Crippen LogP contribution is -2.32. The fraction of sp³-hybridized carbons (Fsp3) is 0.200. The quantitative estimate of drug-likeness (QED) is 0.682. The van der Waals surface area contributed by atoms with Crippen LogP contribution in [0.25, 0.3) is 0 Å². The molecule has 0 spiro atoms. The van der Waals surface area contributed by atoms with Gasteiger partial charge in [0, 0.05) is 26.1 Å². The molecule has 3 aromatic rings. The van der Waals surface area contributed by atoms with Crippen molar-refractivity contribution in [2.75, 3.05) is 7.05 Å². The number of furan rings is 1. The molecule has 25 heavy (non-hydrogen) atoms. The first-order valence-corrected chi connectivity index (χ1v) is 8.09. The molecule has 1 amide bonds. The molecular weight excluding hydrogens is 319 g/mol. The average molecular weight is 338 g/mol. The van der Waals surface area contributed by atoms with Gasteiger partial charge < -0.3 is 9.32 Å². The highest BCUT2D eigenvalue weighted by Crippen LogP contribution is 2.27. The fourth-order valence-electron chi connectivity index (χ4n) is 2.81. The van der Waals surface area contributed by atoms with E-state index in [0.717, 1.165) is 5.76 Å². The molecule has 3 rings (SSSR count). The van der Waals surface area contributed by atoms with Gasteiger partial charge in [-0.2, -0.15) is 0 Å². The Labute approximate surface area is 145 Å². The van der Waals surface area contributed by atoms with Crippen LogP contribution in [0.3, 0.4) is 0 Å². The number of carbonyl (C=O) groups is 1. The monoisotopic (exact) mass is 338 g/mol. The maximum absolute atomic E-state index is 13.7. The highest BCUT2D eigenvalue weighted by atomic mass is 19.1. The van der Waals surface area contributed by atoms with Gasteiger partial charge in [-0.3, -0.25) is 9.78 Å². The molecule has 1 aromatic carbocycles. The fourth-order valence-corrected chi connectivity index (χ4v) is 2.81. The van der Waals surface area contributed by atoms with Crippen molar-refractivity contribution in [2.24, 2.45) is 0 Å². The number of amides is 1. The van der Waals surface area contributed by atoms with Crippen LogP contribution in [-0.4, -0.2) is 22.8 Å². The summed E-state index contributed by atoms with van der Waals surface area (Å²) in [4.78, 5) is 18.6. The smallest absolute Gasteiger partial charge is 0.223 e. The SMILES string of the molecule is CN(C(=O)CCc1ccco1)[C@@H](c1cccc(F)c1)c1ccccn1. The molecule has 1 atom stereocenters. The summed E-state index contributed by atoms with van der Waals surface area (Å²) in [5, 5.41) is 0. The standard InChI is InChI=1S/C20H19FN2O2/c1-23(19(24)11-10-17-8-5-13-25-17)20(18-9-2-3-12-22-18)15-6-4-7-16(21)14-15/h2-9,12-14,20H,10-11H2,1H3/t20-/m0/s1. The second-order valence-electron chi connectivity index (χ2n) is 5.80. The van der Waals surface area contributed by atoms with Crippen LogP contribution in [0, 0.1) is 5.82 Å². The van der Waals surface area contributed by atoms with Crippen molar-refractivity contribution in [1.82, 2.24) is 9.88 Å². The Morgan fingerprint density at radius 2 is 2.08 bits per heavy atom. The highest BCUT2D eigenvalue weighted by Gasteiger charge is 2.24. The lowest BCUT2D eigenvalue weighted by Gasteiger charge is -2.28. The number of benzene rings is 1. The van der Waals surface area contributed by atoms with Crippen LogP contribution in [0.4, 0.5) is 4.39 Å². The molecule has 0 saturated carbocycles. The second kappa shape index (κ2) is 7.75. The van der Waals surface area contributed by atoms with Crippen LogP contribution in [0.5, 0.6) is 0 Å². The van der Waals surface area contributed by atoms with Gasteiger partial charge in [-0.25, -0.2) is 4.39 Å². The van der Waals surface area contributed by atoms with E-state index in [4.69, 9.17) is 4.42 Å². The number of rotatable bonds is 6. The van der Waals surface area contributed by atoms with E-state index in [0.29, 0.717) is 24.1 Å². The van der Waals surface area contributed by atoms with Crippen molar-refractivity contribution in [3.05, 3.63) is 89.9 Å². The second-order valence-corrected chi connectivity index (χ2v) is 5.80. The Hall–Kier alpha value is -2.95. The zero-order valence-corrected chi connectivity index (χ0v) is 13.9. The Kier molecular flexibility index (Phi) is 5.23. The van der Waals surface area contributed by atoms with Gasteiger partial charge in [-0.15, -0.1) is 0 Å². The molecule has 0 fully saturated rings. The van der Waals surface area contributed by atoms with Gasteiger partial charge in [0.05, 0.1) is 18.0 Å². The van der Waals surface area contributed by atoms with Crippen molar-refractivity contribution < 1.29 is 13.6 Å². The molecule has 0 bridgehead atoms. The number of nitrogens with zero attached hydrogens (tertiary/aromatic N) is 2. The summed E-state index contributed by atoms with van der Waals surface area (Å²) in [6.07, 6.45) is 4.09. The van der Waals surface area contributed by atoms with Gasteiger partial charge in [0.15, 0.2) is 0 Å². The number of aryl methyl sites for hydroxylation is 1. The molecular formula is C20H19FN2O2. The predicted octanol–water partition coefficient (Wildman–Crippen LogP) is 3.99. The number of halogens is 1. The van der Waals surface area contributed by atoms with E-state index >= 15 is 0 Å². The van der Waals surface area contributed by atoms with Crippen LogP contribution >= 0.6 is 0 Å². The molecule has 5 heteroatoms. The summed E-state index contributed by atoms with van der Waals surface area (Å²) in [6, 6.07) is 15.0. The van der Waals surface area contributed by atoms with Gasteiger partial charge in [-0.05, 0) is 42.0 Å². The molecule has 2 heterocycles. The van der Waals surface area contributed by atoms with Gasteiger partial charge in [0.1, 0.15) is 11.6 Å². The van der Waals surface area contributed by atoms with Gasteiger partial charge in [0.25, 0.3) is 0 Å². The number of aromatic nitrogens is 1. The molecule has 0 unspecified atom stereocenters. The summed E-state index contributed by atoms with van der Waals surface area (Å²) in [5.41, 5.74) is 1.38. The van der Waals surface area contributed by atoms with E-state index in [1.807, 2.05) is 24.3 Å². The largest absolute Gasteiger partial charge is 0.469 e. The molecule has 0 N–H and O–H groups in total. The van der Waals surface area contributed by atoms with E-state index in [1.54, 1.807) is 42.6 Å². The maximum atomic E-state index is 13.7. The lowest BCUT2D eigenvalue weighted by molar-refractivity contribution is -0.131. The first-order valence-electron chi connectivity index (χ1n) is 8.09. The third-order valence-corrected chi connectivity index (χ3v) is 4.08. The van der Waals surface area contributed by atoms with E-state index in [-0.39, 0.29) is 11.7 Å². The van der Waals surface area contributed by atoms with Crippen LogP contribution in [-0.2, 0) is 11.2 Å². The number of pyridine rings is 1. The minimum absolute atomic E-state index is 0.0590. The van der Waals surface area contributed by atoms with E-state index in [1.165, 1.54) is 12.1 Å². The van der Waals surface area contributed by atoms with E-state index in [2.05, 4.69) is 4.98 Å². The van der Waals surface area contributed by atoms with E-state index < -0.39 is 6.04 Å². The summed E-state index contributed by atoms with van der Waals surface area (Å²) >= 11 is 0. The number of hydrogen-bond donors (Lipinski definition) is 0. The van der Waals surface area contributed by atoms with Crippen LogP contribution in [0.2, 0.25) is 0 Å². The molecule has 0 saturated heterocycles. The molecule has 0 aliphatic rings. The molecule has 128 valence electrons. The number of carbonyl (C=O) groups excluding carboxylic acids is 1. The maximum Gasteiger partial charge on any atom is 0.223 e. The molecule has 4 nitrogen and oxygen atoms in total. The molecule has 0 aliphatic heterocycles. The Morgan fingerprint density at radius 3 is 2.76 bits per heavy atom. The van der Waals surface area contributed by atoms with Crippen molar-refractivity contribution in [3.8, 4) is 0 Å². The average Bonchev–Trinajstić information content (AvgIpc) is 3.14. The molecule has 2 aromatic heterocycles. The first kappa shape index (κ1) is 16.9. The predicted molar refractivity (Wildman–Crippen MR) is 92.3 cm³/mol. The summed E-state index contributed by atoms with van der Waals surface area (Å²) in [7, 11) is 1.72.